The van der Waals surface area contributed by atoms with Gasteiger partial charge in [-0.15, -0.1) is 0 Å². The molecule has 2 amide bonds. The summed E-state index contributed by atoms with van der Waals surface area (Å²) >= 11 is 0. The maximum absolute atomic E-state index is 12.6. The van der Waals surface area contributed by atoms with Crippen LogP contribution in [0, 0.1) is 0 Å². The smallest absolute Gasteiger partial charge is 0.321 e. The van der Waals surface area contributed by atoms with E-state index in [1.807, 2.05) is 24.3 Å². The molecule has 0 spiro atoms. The minimum atomic E-state index is -3.39. The summed E-state index contributed by atoms with van der Waals surface area (Å²) in [5.74, 6) is 0. The van der Waals surface area contributed by atoms with Crippen LogP contribution in [0.15, 0.2) is 24.3 Å². The van der Waals surface area contributed by atoms with Crippen molar-refractivity contribution in [2.24, 2.45) is 0 Å². The predicted molar refractivity (Wildman–Crippen MR) is 124 cm³/mol. The molecule has 3 rings (SSSR count). The molecule has 2 atom stereocenters. The predicted octanol–water partition coefficient (Wildman–Crippen LogP) is 3.01. The molecule has 0 aromatic heterocycles. The minimum Gasteiger partial charge on any atom is -0.372 e. The van der Waals surface area contributed by atoms with Gasteiger partial charge in [-0.2, -0.15) is 0 Å². The van der Waals surface area contributed by atoms with E-state index in [0.29, 0.717) is 25.9 Å². The van der Waals surface area contributed by atoms with Crippen molar-refractivity contribution in [1.29, 1.82) is 0 Å². The van der Waals surface area contributed by atoms with Gasteiger partial charge in [0.1, 0.15) is 0 Å². The van der Waals surface area contributed by atoms with E-state index in [-0.39, 0.29) is 24.3 Å². The average molecular weight is 453 g/mol. The van der Waals surface area contributed by atoms with E-state index in [2.05, 4.69) is 28.8 Å². The topological polar surface area (TPSA) is 91.0 Å². The second kappa shape index (κ2) is 9.34. The van der Waals surface area contributed by atoms with Gasteiger partial charge in [0, 0.05) is 43.6 Å². The number of hydrogen-bond acceptors (Lipinski definition) is 5. The van der Waals surface area contributed by atoms with Crippen LogP contribution in [-0.4, -0.2) is 68.5 Å². The van der Waals surface area contributed by atoms with Crippen LogP contribution in [0.25, 0.3) is 0 Å². The van der Waals surface area contributed by atoms with Gasteiger partial charge in [0.05, 0.1) is 17.0 Å². The zero-order valence-corrected chi connectivity index (χ0v) is 20.0. The third-order valence-corrected chi connectivity index (χ3v) is 8.07. The average Bonchev–Trinajstić information content (AvgIpc) is 2.67. The molecule has 9 heteroatoms. The van der Waals surface area contributed by atoms with Crippen molar-refractivity contribution in [3.05, 3.63) is 24.3 Å². The number of likely N-dealkylation sites (tertiary alicyclic amines) is 1. The molecule has 0 aliphatic carbocycles. The van der Waals surface area contributed by atoms with E-state index in [9.17, 15) is 13.2 Å². The monoisotopic (exact) mass is 452 g/mol. The Labute approximate surface area is 186 Å². The highest BCUT2D eigenvalue weighted by molar-refractivity contribution is 7.90. The third-order valence-electron chi connectivity index (χ3n) is 5.81. The Balaban J connectivity index is 1.50. The zero-order valence-electron chi connectivity index (χ0n) is 19.2. The van der Waals surface area contributed by atoms with Crippen molar-refractivity contribution in [3.63, 3.8) is 0 Å². The number of anilines is 2. The van der Waals surface area contributed by atoms with Crippen LogP contribution < -0.4 is 14.9 Å². The lowest BCUT2D eigenvalue weighted by atomic mass is 10.1. The number of ether oxygens (including phenoxy) is 1. The molecule has 31 heavy (non-hydrogen) atoms. The lowest BCUT2D eigenvalue weighted by Crippen LogP contribution is -2.50. The van der Waals surface area contributed by atoms with Crippen molar-refractivity contribution in [3.8, 4) is 0 Å². The van der Waals surface area contributed by atoms with Crippen LogP contribution in [0.3, 0.4) is 0 Å². The molecular weight excluding hydrogens is 416 g/mol. The van der Waals surface area contributed by atoms with E-state index in [0.717, 1.165) is 24.5 Å². The SMILES string of the molecule is CC1CN(c2ccc(NC(=O)N3CCC(NS(=O)(=O)C(C)(C)C)CC3)cc2)C[C@@H](C)O1. The van der Waals surface area contributed by atoms with Gasteiger partial charge < -0.3 is 19.9 Å². The van der Waals surface area contributed by atoms with Gasteiger partial charge in [0.2, 0.25) is 10.0 Å². The highest BCUT2D eigenvalue weighted by Crippen LogP contribution is 2.23. The Bertz CT molecular complexity index is 848. The van der Waals surface area contributed by atoms with Crippen molar-refractivity contribution in [1.82, 2.24) is 9.62 Å². The van der Waals surface area contributed by atoms with Gasteiger partial charge >= 0.3 is 6.03 Å². The van der Waals surface area contributed by atoms with Crippen LogP contribution >= 0.6 is 0 Å². The Morgan fingerprint density at radius 3 is 2.10 bits per heavy atom. The van der Waals surface area contributed by atoms with Gasteiger partial charge in [-0.25, -0.2) is 17.9 Å². The maximum atomic E-state index is 12.6. The summed E-state index contributed by atoms with van der Waals surface area (Å²) in [6.45, 7) is 11.9. The summed E-state index contributed by atoms with van der Waals surface area (Å²) in [7, 11) is -3.39. The van der Waals surface area contributed by atoms with Crippen molar-refractivity contribution >= 4 is 27.4 Å². The van der Waals surface area contributed by atoms with Crippen LogP contribution in [0.4, 0.5) is 16.2 Å². The first kappa shape index (κ1) is 23.8. The lowest BCUT2D eigenvalue weighted by Gasteiger charge is -2.37. The minimum absolute atomic E-state index is 0.133. The molecule has 1 aromatic carbocycles. The first-order valence-corrected chi connectivity index (χ1v) is 12.5. The number of nitrogens with one attached hydrogen (secondary N) is 2. The van der Waals surface area contributed by atoms with Crippen molar-refractivity contribution in [2.75, 3.05) is 36.4 Å². The molecule has 2 fully saturated rings. The van der Waals surface area contributed by atoms with Crippen LogP contribution in [0.2, 0.25) is 0 Å². The van der Waals surface area contributed by atoms with E-state index in [4.69, 9.17) is 4.74 Å². The van der Waals surface area contributed by atoms with Gasteiger partial charge in [-0.05, 0) is 71.7 Å². The maximum Gasteiger partial charge on any atom is 0.321 e. The molecule has 1 aromatic rings. The number of hydrogen-bond donors (Lipinski definition) is 2. The van der Waals surface area contributed by atoms with Gasteiger partial charge in [-0.3, -0.25) is 0 Å². The fraction of sp³-hybridized carbons (Fsp3) is 0.682. The molecule has 2 aliphatic rings. The Kier molecular flexibility index (Phi) is 7.18. The molecule has 0 saturated carbocycles. The van der Waals surface area contributed by atoms with Gasteiger partial charge in [0.15, 0.2) is 0 Å². The number of amides is 2. The van der Waals surface area contributed by atoms with E-state index in [1.165, 1.54) is 0 Å². The molecule has 0 bridgehead atoms. The second-order valence-corrected chi connectivity index (χ2v) is 12.1. The zero-order chi connectivity index (χ0) is 22.8. The number of nitrogens with zero attached hydrogens (tertiary/aromatic N) is 2. The van der Waals surface area contributed by atoms with Crippen LogP contribution in [0.5, 0.6) is 0 Å². The number of piperidine rings is 1. The van der Waals surface area contributed by atoms with Crippen molar-refractivity contribution in [2.45, 2.75) is 70.5 Å². The number of carbonyl (C=O) groups is 1. The Morgan fingerprint density at radius 1 is 1.03 bits per heavy atom. The number of morpholine rings is 1. The lowest BCUT2D eigenvalue weighted by molar-refractivity contribution is -0.00521. The molecule has 2 N–H and O–H groups in total. The molecule has 2 saturated heterocycles. The van der Waals surface area contributed by atoms with Crippen LogP contribution in [0.1, 0.15) is 47.5 Å². The molecule has 0 radical (unpaired) electrons. The third kappa shape index (κ3) is 6.11. The molecular formula is C22H36N4O4S. The number of rotatable bonds is 4. The molecule has 174 valence electrons. The van der Waals surface area contributed by atoms with Gasteiger partial charge in [0.25, 0.3) is 0 Å². The quantitative estimate of drug-likeness (QED) is 0.733. The summed E-state index contributed by atoms with van der Waals surface area (Å²) in [6, 6.07) is 7.59. The Hall–Kier alpha value is -1.84. The first-order chi connectivity index (χ1) is 14.4. The number of benzene rings is 1. The highest BCUT2D eigenvalue weighted by Gasteiger charge is 2.33. The second-order valence-electron chi connectivity index (χ2n) is 9.63. The normalized spacial score (nSPS) is 23.6. The summed E-state index contributed by atoms with van der Waals surface area (Å²) in [5, 5.41) is 2.95. The molecule has 2 aliphatic heterocycles. The Morgan fingerprint density at radius 2 is 1.58 bits per heavy atom. The fourth-order valence-corrected chi connectivity index (χ4v) is 4.97. The highest BCUT2D eigenvalue weighted by atomic mass is 32.2. The fourth-order valence-electron chi connectivity index (χ4n) is 3.94. The van der Waals surface area contributed by atoms with E-state index in [1.54, 1.807) is 25.7 Å². The van der Waals surface area contributed by atoms with E-state index < -0.39 is 14.8 Å². The van der Waals surface area contributed by atoms with Crippen molar-refractivity contribution < 1.29 is 17.9 Å². The number of urea groups is 1. The summed E-state index contributed by atoms with van der Waals surface area (Å²) in [5.41, 5.74) is 1.87. The van der Waals surface area contributed by atoms with Crippen LogP contribution in [-0.2, 0) is 14.8 Å². The molecule has 2 heterocycles. The number of carbonyl (C=O) groups excluding carboxylic acids is 1. The first-order valence-electron chi connectivity index (χ1n) is 11.0. The standard InChI is InChI=1S/C22H36N4O4S/c1-16-14-26(15-17(2)30-16)20-8-6-18(7-9-20)23-21(27)25-12-10-19(11-13-25)24-31(28,29)22(3,4)5/h6-9,16-17,19,24H,10-15H2,1-5H3,(H,23,27)/t16-,17?/m1/s1. The molecule has 1 unspecified atom stereocenters. The summed E-state index contributed by atoms with van der Waals surface area (Å²) < 4.78 is 32.4. The largest absolute Gasteiger partial charge is 0.372 e. The molecule has 8 nitrogen and oxygen atoms in total. The van der Waals surface area contributed by atoms with E-state index >= 15 is 0 Å². The summed E-state index contributed by atoms with van der Waals surface area (Å²) in [6.07, 6.45) is 1.60. The number of sulfonamides is 1. The van der Waals surface area contributed by atoms with Gasteiger partial charge in [-0.1, -0.05) is 0 Å². The summed E-state index contributed by atoms with van der Waals surface area (Å²) in [4.78, 5) is 16.7.